The highest BCUT2D eigenvalue weighted by Crippen LogP contribution is 2.31. The van der Waals surface area contributed by atoms with Crippen LogP contribution in [0.15, 0.2) is 72.8 Å². The lowest BCUT2D eigenvalue weighted by Crippen LogP contribution is -2.35. The second-order valence-electron chi connectivity index (χ2n) is 9.27. The Morgan fingerprint density at radius 1 is 0.778 bits per heavy atom. The molecule has 1 fully saturated rings. The van der Waals surface area contributed by atoms with E-state index in [1.54, 1.807) is 19.0 Å². The zero-order valence-electron chi connectivity index (χ0n) is 20.6. The highest BCUT2D eigenvalue weighted by Gasteiger charge is 2.18. The molecule has 0 spiro atoms. The normalized spacial score (nSPS) is 13.4. The van der Waals surface area contributed by atoms with Gasteiger partial charge in [0.1, 0.15) is 5.69 Å². The zero-order chi connectivity index (χ0) is 25.1. The molecule has 0 saturated carbocycles. The molecule has 1 N–H and O–H groups in total. The minimum absolute atomic E-state index is 0.0410. The Balaban J connectivity index is 1.39. The van der Waals surface area contributed by atoms with E-state index in [9.17, 15) is 9.59 Å². The maximum atomic E-state index is 12.8. The van der Waals surface area contributed by atoms with Crippen LogP contribution >= 0.6 is 0 Å². The molecule has 4 aromatic rings. The molecule has 0 unspecified atom stereocenters. The monoisotopic (exact) mass is 479 g/mol. The Morgan fingerprint density at radius 3 is 2.08 bits per heavy atom. The van der Waals surface area contributed by atoms with Crippen molar-refractivity contribution in [2.75, 3.05) is 32.5 Å². The van der Waals surface area contributed by atoms with E-state index in [-0.39, 0.29) is 11.8 Å². The number of nitrogens with one attached hydrogen (secondary N) is 1. The average Bonchev–Trinajstić information content (AvgIpc) is 2.93. The summed E-state index contributed by atoms with van der Waals surface area (Å²) < 4.78 is 0. The minimum Gasteiger partial charge on any atom is -0.345 e. The number of likely N-dealkylation sites (tertiary alicyclic amines) is 1. The van der Waals surface area contributed by atoms with Gasteiger partial charge in [-0.05, 0) is 55.7 Å². The third kappa shape index (κ3) is 4.77. The van der Waals surface area contributed by atoms with Crippen LogP contribution in [0.1, 0.15) is 40.0 Å². The lowest BCUT2D eigenvalue weighted by atomic mass is 10.0. The van der Waals surface area contributed by atoms with Crippen molar-refractivity contribution < 1.29 is 9.59 Å². The van der Waals surface area contributed by atoms with Crippen molar-refractivity contribution in [3.63, 3.8) is 0 Å². The van der Waals surface area contributed by atoms with Crippen molar-refractivity contribution in [2.45, 2.75) is 19.3 Å². The molecule has 7 heteroatoms. The molecule has 2 heterocycles. The van der Waals surface area contributed by atoms with Gasteiger partial charge in [0, 0.05) is 60.3 Å². The van der Waals surface area contributed by atoms with E-state index in [1.807, 2.05) is 77.7 Å². The lowest BCUT2D eigenvalue weighted by Gasteiger charge is -2.26. The van der Waals surface area contributed by atoms with Gasteiger partial charge in [-0.1, -0.05) is 36.4 Å². The molecule has 1 saturated heterocycles. The molecule has 5 rings (SSSR count). The summed E-state index contributed by atoms with van der Waals surface area (Å²) in [5, 5.41) is 14.3. The van der Waals surface area contributed by atoms with Crippen molar-refractivity contribution in [1.82, 2.24) is 20.0 Å². The molecule has 1 aromatic heterocycles. The second kappa shape index (κ2) is 10.2. The fourth-order valence-electron chi connectivity index (χ4n) is 4.55. The van der Waals surface area contributed by atoms with Gasteiger partial charge in [-0.3, -0.25) is 9.59 Å². The molecule has 7 nitrogen and oxygen atoms in total. The summed E-state index contributed by atoms with van der Waals surface area (Å²) in [7, 11) is 3.47. The Hall–Kier alpha value is -4.26. The summed E-state index contributed by atoms with van der Waals surface area (Å²) in [6.45, 7) is 1.67. The number of carbonyl (C=O) groups excluding carboxylic acids is 2. The van der Waals surface area contributed by atoms with Crippen molar-refractivity contribution >= 4 is 34.1 Å². The van der Waals surface area contributed by atoms with E-state index >= 15 is 0 Å². The number of amides is 2. The smallest absolute Gasteiger partial charge is 0.253 e. The number of anilines is 2. The van der Waals surface area contributed by atoms with Crippen LogP contribution < -0.4 is 5.32 Å². The first-order valence-corrected chi connectivity index (χ1v) is 12.2. The number of benzene rings is 3. The van der Waals surface area contributed by atoms with Crippen LogP contribution in [-0.2, 0) is 0 Å². The van der Waals surface area contributed by atoms with Crippen molar-refractivity contribution in [3.05, 3.63) is 83.9 Å². The van der Waals surface area contributed by atoms with Gasteiger partial charge >= 0.3 is 0 Å². The SMILES string of the molecule is CN(C)C(=O)c1ccc(-c2nnc(Nc3ccc(C(=O)N4CCCCC4)cc3)c3ccccc23)cc1. The lowest BCUT2D eigenvalue weighted by molar-refractivity contribution is 0.0724. The van der Waals surface area contributed by atoms with Crippen LogP contribution in [0, 0.1) is 0 Å². The number of nitrogens with zero attached hydrogens (tertiary/aromatic N) is 4. The summed E-state index contributed by atoms with van der Waals surface area (Å²) in [5.74, 6) is 0.693. The predicted octanol–water partition coefficient (Wildman–Crippen LogP) is 5.37. The molecule has 36 heavy (non-hydrogen) atoms. The molecular weight excluding hydrogens is 450 g/mol. The fourth-order valence-corrected chi connectivity index (χ4v) is 4.55. The number of fused-ring (bicyclic) bond motifs is 1. The fraction of sp³-hybridized carbons (Fsp3) is 0.241. The number of carbonyl (C=O) groups is 2. The molecule has 2 amide bonds. The van der Waals surface area contributed by atoms with Crippen LogP contribution in [-0.4, -0.2) is 59.0 Å². The Labute approximate surface area is 210 Å². The van der Waals surface area contributed by atoms with E-state index in [2.05, 4.69) is 15.5 Å². The summed E-state index contributed by atoms with van der Waals surface area (Å²) in [6.07, 6.45) is 3.35. The first-order valence-electron chi connectivity index (χ1n) is 12.2. The van der Waals surface area contributed by atoms with Gasteiger partial charge in [0.15, 0.2) is 5.82 Å². The largest absolute Gasteiger partial charge is 0.345 e. The summed E-state index contributed by atoms with van der Waals surface area (Å²) >= 11 is 0. The van der Waals surface area contributed by atoms with Gasteiger partial charge in [0.2, 0.25) is 0 Å². The van der Waals surface area contributed by atoms with Gasteiger partial charge in [0.05, 0.1) is 0 Å². The summed E-state index contributed by atoms with van der Waals surface area (Å²) in [4.78, 5) is 28.5. The molecule has 1 aliphatic rings. The molecular formula is C29H29N5O2. The third-order valence-electron chi connectivity index (χ3n) is 6.54. The number of hydrogen-bond acceptors (Lipinski definition) is 5. The van der Waals surface area contributed by atoms with Gasteiger partial charge in [-0.25, -0.2) is 0 Å². The van der Waals surface area contributed by atoms with E-state index < -0.39 is 0 Å². The highest BCUT2D eigenvalue weighted by atomic mass is 16.2. The quantitative estimate of drug-likeness (QED) is 0.416. The van der Waals surface area contributed by atoms with Crippen molar-refractivity contribution in [1.29, 1.82) is 0 Å². The van der Waals surface area contributed by atoms with Gasteiger partial charge in [-0.15, -0.1) is 10.2 Å². The van der Waals surface area contributed by atoms with E-state index in [0.717, 1.165) is 53.6 Å². The Bertz CT molecular complexity index is 1390. The summed E-state index contributed by atoms with van der Waals surface area (Å²) in [6, 6.07) is 22.9. The summed E-state index contributed by atoms with van der Waals surface area (Å²) in [5.41, 5.74) is 3.80. The van der Waals surface area contributed by atoms with Crippen molar-refractivity contribution in [2.24, 2.45) is 0 Å². The van der Waals surface area contributed by atoms with Gasteiger partial charge in [0.25, 0.3) is 11.8 Å². The molecule has 1 aliphatic heterocycles. The first kappa shape index (κ1) is 23.5. The number of aromatic nitrogens is 2. The highest BCUT2D eigenvalue weighted by molar-refractivity contribution is 6.01. The maximum absolute atomic E-state index is 12.8. The average molecular weight is 480 g/mol. The van der Waals surface area contributed by atoms with E-state index in [4.69, 9.17) is 0 Å². The van der Waals surface area contributed by atoms with Crippen LogP contribution in [0.3, 0.4) is 0 Å². The molecule has 0 atom stereocenters. The van der Waals surface area contributed by atoms with Gasteiger partial charge < -0.3 is 15.1 Å². The number of piperidine rings is 1. The zero-order valence-corrected chi connectivity index (χ0v) is 20.6. The first-order chi connectivity index (χ1) is 17.5. The maximum Gasteiger partial charge on any atom is 0.253 e. The molecule has 0 radical (unpaired) electrons. The Morgan fingerprint density at radius 2 is 1.42 bits per heavy atom. The van der Waals surface area contributed by atoms with Crippen LogP contribution in [0.2, 0.25) is 0 Å². The van der Waals surface area contributed by atoms with Gasteiger partial charge in [-0.2, -0.15) is 0 Å². The van der Waals surface area contributed by atoms with Crippen molar-refractivity contribution in [3.8, 4) is 11.3 Å². The topological polar surface area (TPSA) is 78.4 Å². The van der Waals surface area contributed by atoms with E-state index in [0.29, 0.717) is 16.9 Å². The predicted molar refractivity (Wildman–Crippen MR) is 142 cm³/mol. The molecule has 182 valence electrons. The van der Waals surface area contributed by atoms with Crippen LogP contribution in [0.5, 0.6) is 0 Å². The standard InChI is InChI=1S/C29H29N5O2/c1-33(2)28(35)21-12-10-20(11-13-21)26-24-8-4-5-9-25(24)27(32-31-26)30-23-16-14-22(15-17-23)29(36)34-18-6-3-7-19-34/h4-5,8-17H,3,6-7,18-19H2,1-2H3,(H,30,32). The second-order valence-corrected chi connectivity index (χ2v) is 9.27. The number of hydrogen-bond donors (Lipinski definition) is 1. The molecule has 0 aliphatic carbocycles. The third-order valence-corrected chi connectivity index (χ3v) is 6.54. The minimum atomic E-state index is -0.0410. The number of rotatable bonds is 5. The van der Waals surface area contributed by atoms with E-state index in [1.165, 1.54) is 6.42 Å². The molecule has 3 aromatic carbocycles. The Kier molecular flexibility index (Phi) is 6.62. The van der Waals surface area contributed by atoms with Crippen LogP contribution in [0.25, 0.3) is 22.0 Å². The van der Waals surface area contributed by atoms with Crippen LogP contribution in [0.4, 0.5) is 11.5 Å². The molecule has 0 bridgehead atoms.